The van der Waals surface area contributed by atoms with E-state index >= 15 is 0 Å². The third-order valence-corrected chi connectivity index (χ3v) is 5.04. The molecule has 0 aromatic heterocycles. The summed E-state index contributed by atoms with van der Waals surface area (Å²) in [7, 11) is -2.35. The molecule has 1 rings (SSSR count). The van der Waals surface area contributed by atoms with Gasteiger partial charge in [0.1, 0.15) is 0 Å². The molecule has 76 valence electrons. The lowest BCUT2D eigenvalue weighted by Gasteiger charge is -2.13. The lowest BCUT2D eigenvalue weighted by Crippen LogP contribution is -2.28. The zero-order valence-corrected chi connectivity index (χ0v) is 10.3. The Morgan fingerprint density at radius 3 is 2.57 bits per heavy atom. The molecule has 0 aliphatic heterocycles. The summed E-state index contributed by atoms with van der Waals surface area (Å²) in [5.74, 6) is 0. The second kappa shape index (κ2) is 5.81. The Morgan fingerprint density at radius 1 is 1.43 bits per heavy atom. The Labute approximate surface area is 91.9 Å². The largest absolute Gasteiger partial charge is 0.0942 e. The minimum atomic E-state index is -2.35. The van der Waals surface area contributed by atoms with Crippen molar-refractivity contribution in [2.45, 2.75) is 33.2 Å². The molecular weight excluding hydrogens is 184 g/mol. The summed E-state index contributed by atoms with van der Waals surface area (Å²) < 4.78 is 16.6. The van der Waals surface area contributed by atoms with Crippen molar-refractivity contribution < 1.29 is 1.37 Å². The van der Waals surface area contributed by atoms with E-state index in [1.807, 2.05) is 43.8 Å². The normalized spacial score (nSPS) is 19.1. The van der Waals surface area contributed by atoms with E-state index in [1.165, 1.54) is 0 Å². The third kappa shape index (κ3) is 2.84. The molecule has 0 radical (unpaired) electrons. The van der Waals surface area contributed by atoms with Crippen molar-refractivity contribution in [3.63, 3.8) is 0 Å². The van der Waals surface area contributed by atoms with Crippen LogP contribution in [0, 0.1) is 0 Å². The molecular formula is C13H20Si. The number of hydrogen-bond donors (Lipinski definition) is 0. The van der Waals surface area contributed by atoms with E-state index in [9.17, 15) is 0 Å². The van der Waals surface area contributed by atoms with E-state index in [2.05, 4.69) is 6.92 Å². The lowest BCUT2D eigenvalue weighted by atomic mass is 10.3. The summed E-state index contributed by atoms with van der Waals surface area (Å²) in [6, 6.07) is 10.7. The number of allylic oxidation sites excluding steroid dienone is 2. The molecule has 0 saturated carbocycles. The monoisotopic (exact) mass is 206 g/mol. The predicted molar refractivity (Wildman–Crippen MR) is 67.8 cm³/mol. The fourth-order valence-electron chi connectivity index (χ4n) is 1.60. The van der Waals surface area contributed by atoms with Crippen molar-refractivity contribution in [1.29, 1.82) is 1.23 Å². The molecule has 0 aliphatic rings. The smallest absolute Gasteiger partial charge is 0.0894 e. The molecule has 0 bridgehead atoms. The van der Waals surface area contributed by atoms with Crippen LogP contribution in [0.25, 0.3) is 0 Å². The van der Waals surface area contributed by atoms with Crippen LogP contribution in [0.2, 0.25) is 6.55 Å². The third-order valence-electron chi connectivity index (χ3n) is 2.40. The highest BCUT2D eigenvalue weighted by Crippen LogP contribution is 2.07. The molecule has 0 fully saturated rings. The highest BCUT2D eigenvalue weighted by Gasteiger charge is 2.09. The van der Waals surface area contributed by atoms with Crippen LogP contribution in [0.1, 0.15) is 28.1 Å². The molecule has 1 aromatic carbocycles. The first-order valence-corrected chi connectivity index (χ1v) is 7.28. The molecule has 0 heterocycles. The van der Waals surface area contributed by atoms with Gasteiger partial charge in [-0.2, -0.15) is 0 Å². The van der Waals surface area contributed by atoms with Crippen molar-refractivity contribution >= 4 is 13.9 Å². The first-order chi connectivity index (χ1) is 7.54. The van der Waals surface area contributed by atoms with E-state index in [4.69, 9.17) is 2.61 Å². The van der Waals surface area contributed by atoms with Crippen LogP contribution < -0.4 is 5.19 Å². The molecule has 0 amide bonds. The van der Waals surface area contributed by atoms with Crippen molar-refractivity contribution in [3.8, 4) is 0 Å². The van der Waals surface area contributed by atoms with Gasteiger partial charge in [-0.15, -0.1) is 0 Å². The first kappa shape index (κ1) is 8.48. The highest BCUT2D eigenvalue weighted by molar-refractivity contribution is 6.78. The quantitative estimate of drug-likeness (QED) is 0.664. The number of rotatable bonds is 4. The van der Waals surface area contributed by atoms with Crippen LogP contribution in [0.4, 0.5) is 0 Å². The molecule has 1 atom stereocenters. The van der Waals surface area contributed by atoms with Crippen molar-refractivity contribution in [3.05, 3.63) is 41.6 Å². The van der Waals surface area contributed by atoms with Gasteiger partial charge >= 0.3 is 0 Å². The molecule has 1 unspecified atom stereocenters. The van der Waals surface area contributed by atoms with E-state index in [0.29, 0.717) is 6.05 Å². The van der Waals surface area contributed by atoms with Gasteiger partial charge < -0.3 is 0 Å². The Hall–Kier alpha value is -0.823. The van der Waals surface area contributed by atoms with Crippen molar-refractivity contribution in [2.24, 2.45) is 0 Å². The molecule has 1 heteroatoms. The Balaban J connectivity index is 3.20. The van der Waals surface area contributed by atoms with Gasteiger partial charge in [-0.3, -0.25) is 0 Å². The molecule has 0 nitrogen and oxygen atoms in total. The van der Waals surface area contributed by atoms with Gasteiger partial charge in [0.15, 0.2) is 0 Å². The fourth-order valence-corrected chi connectivity index (χ4v) is 3.61. The topological polar surface area (TPSA) is 0 Å². The van der Waals surface area contributed by atoms with E-state index in [-0.39, 0.29) is 0 Å². The Bertz CT molecular complexity index is 369. The summed E-state index contributed by atoms with van der Waals surface area (Å²) >= 11 is 0. The van der Waals surface area contributed by atoms with E-state index in [0.717, 1.165) is 23.2 Å². The number of hydrogen-bond acceptors (Lipinski definition) is 0. The zero-order valence-electron chi connectivity index (χ0n) is 11.3. The number of benzene rings is 1. The lowest BCUT2D eigenvalue weighted by molar-refractivity contribution is 1.12. The van der Waals surface area contributed by atoms with Crippen LogP contribution in [-0.4, -0.2) is 9.96 Å². The van der Waals surface area contributed by atoms with Gasteiger partial charge in [-0.05, 0) is 12.8 Å². The highest BCUT2D eigenvalue weighted by atomic mass is 28.3. The SMILES string of the molecule is [2H]/C(CC)=C(/CC)[Si]([2H])(C)c1ccccc1. The Morgan fingerprint density at radius 2 is 2.07 bits per heavy atom. The first-order valence-electron chi connectivity index (χ1n) is 6.28. The maximum atomic E-state index is 8.62. The molecule has 14 heavy (non-hydrogen) atoms. The van der Waals surface area contributed by atoms with Crippen LogP contribution in [-0.2, 0) is 0 Å². The van der Waals surface area contributed by atoms with Crippen molar-refractivity contribution in [1.82, 2.24) is 0 Å². The summed E-state index contributed by atoms with van der Waals surface area (Å²) in [6.07, 6.45) is 1.56. The van der Waals surface area contributed by atoms with E-state index < -0.39 is 8.73 Å². The minimum Gasteiger partial charge on any atom is -0.0894 e. The summed E-state index contributed by atoms with van der Waals surface area (Å²) in [4.78, 5) is 0. The summed E-state index contributed by atoms with van der Waals surface area (Å²) in [6.45, 7) is 6.07. The summed E-state index contributed by atoms with van der Waals surface area (Å²) in [5.41, 5.74) is 0. The zero-order chi connectivity index (χ0) is 12.2. The average Bonchev–Trinajstić information content (AvgIpc) is 2.30. The van der Waals surface area contributed by atoms with Gasteiger partial charge in [0.05, 0.1) is 10.1 Å². The average molecular weight is 206 g/mol. The second-order valence-electron chi connectivity index (χ2n) is 3.35. The summed E-state index contributed by atoms with van der Waals surface area (Å²) in [5, 5.41) is 2.16. The van der Waals surface area contributed by atoms with Gasteiger partial charge in [-0.1, -0.05) is 67.2 Å². The van der Waals surface area contributed by atoms with Crippen LogP contribution in [0.3, 0.4) is 0 Å². The van der Waals surface area contributed by atoms with Gasteiger partial charge in [0.2, 0.25) is 0 Å². The van der Waals surface area contributed by atoms with E-state index in [1.54, 1.807) is 0 Å². The molecule has 0 spiro atoms. The standard InChI is InChI=1S/C13H20Si/c1-4-9-12(5-2)14(3)13-10-7-6-8-11-13/h6-11,14H,4-5H2,1-3H3/b12-9+/i9D,14D. The maximum Gasteiger partial charge on any atom is 0.0942 e. The second-order valence-corrected chi connectivity index (χ2v) is 5.78. The molecule has 0 N–H and O–H groups in total. The van der Waals surface area contributed by atoms with Gasteiger partial charge in [0, 0.05) is 1.23 Å². The Kier molecular flexibility index (Phi) is 3.52. The van der Waals surface area contributed by atoms with Crippen molar-refractivity contribution in [2.75, 3.05) is 0 Å². The minimum absolute atomic E-state index is 0.663. The van der Waals surface area contributed by atoms with Crippen LogP contribution in [0.5, 0.6) is 0 Å². The molecule has 0 saturated heterocycles. The van der Waals surface area contributed by atoms with Crippen LogP contribution in [0.15, 0.2) is 41.6 Å². The van der Waals surface area contributed by atoms with Gasteiger partial charge in [-0.25, -0.2) is 0 Å². The fraction of sp³-hybridized carbons (Fsp3) is 0.385. The predicted octanol–water partition coefficient (Wildman–Crippen LogP) is 3.04. The van der Waals surface area contributed by atoms with Gasteiger partial charge in [0.25, 0.3) is 0 Å². The molecule has 1 aromatic rings. The maximum absolute atomic E-state index is 8.62. The van der Waals surface area contributed by atoms with Crippen LogP contribution >= 0.6 is 0 Å². The molecule has 0 aliphatic carbocycles.